The van der Waals surface area contributed by atoms with Crippen molar-refractivity contribution in [2.45, 2.75) is 32.3 Å². The lowest BCUT2D eigenvalue weighted by Gasteiger charge is -2.44. The molecule has 23 heavy (non-hydrogen) atoms. The van der Waals surface area contributed by atoms with Crippen LogP contribution in [0.4, 0.5) is 0 Å². The number of aromatic nitrogens is 1. The van der Waals surface area contributed by atoms with Crippen LogP contribution in [0.1, 0.15) is 36.5 Å². The van der Waals surface area contributed by atoms with Crippen molar-refractivity contribution in [2.75, 3.05) is 19.7 Å². The third-order valence-corrected chi connectivity index (χ3v) is 5.15. The highest BCUT2D eigenvalue weighted by Crippen LogP contribution is 2.36. The molecular weight excluding hydrogens is 292 g/mol. The zero-order valence-electron chi connectivity index (χ0n) is 13.5. The van der Waals surface area contributed by atoms with Gasteiger partial charge in [-0.3, -0.25) is 4.79 Å². The van der Waals surface area contributed by atoms with Crippen molar-refractivity contribution in [3.63, 3.8) is 0 Å². The molecular formula is C18H24N2O3. The van der Waals surface area contributed by atoms with Gasteiger partial charge in [0.2, 0.25) is 0 Å². The highest BCUT2D eigenvalue weighted by Gasteiger charge is 2.42. The molecule has 2 heterocycles. The first-order valence-corrected chi connectivity index (χ1v) is 8.25. The fourth-order valence-corrected chi connectivity index (χ4v) is 3.67. The summed E-state index contributed by atoms with van der Waals surface area (Å²) in [5.74, 6) is -0.0652. The average molecular weight is 316 g/mol. The van der Waals surface area contributed by atoms with Crippen LogP contribution in [0.2, 0.25) is 0 Å². The van der Waals surface area contributed by atoms with Crippen molar-refractivity contribution in [1.82, 2.24) is 9.88 Å². The second kappa shape index (κ2) is 6.34. The van der Waals surface area contributed by atoms with Crippen molar-refractivity contribution < 1.29 is 15.0 Å². The van der Waals surface area contributed by atoms with Crippen LogP contribution >= 0.6 is 0 Å². The normalized spacial score (nSPS) is 25.0. The first-order valence-electron chi connectivity index (χ1n) is 8.25. The molecule has 0 bridgehead atoms. The maximum Gasteiger partial charge on any atom is 0.256 e. The number of aromatic amines is 1. The Labute approximate surface area is 135 Å². The second-order valence-corrected chi connectivity index (χ2v) is 6.54. The van der Waals surface area contributed by atoms with Gasteiger partial charge < -0.3 is 20.1 Å². The van der Waals surface area contributed by atoms with Crippen LogP contribution in [0.5, 0.6) is 0 Å². The van der Waals surface area contributed by atoms with Gasteiger partial charge in [-0.25, -0.2) is 0 Å². The molecule has 2 atom stereocenters. The molecule has 5 nitrogen and oxygen atoms in total. The number of benzene rings is 1. The van der Waals surface area contributed by atoms with Gasteiger partial charge in [0.1, 0.15) is 0 Å². The number of nitrogens with zero attached hydrogens (tertiary/aromatic N) is 1. The van der Waals surface area contributed by atoms with E-state index in [1.54, 1.807) is 11.1 Å². The summed E-state index contributed by atoms with van der Waals surface area (Å²) in [5, 5.41) is 21.1. The summed E-state index contributed by atoms with van der Waals surface area (Å²) in [6, 6.07) is 7.71. The van der Waals surface area contributed by atoms with Crippen molar-refractivity contribution >= 4 is 16.8 Å². The molecule has 3 rings (SSSR count). The van der Waals surface area contributed by atoms with Crippen LogP contribution in [0.25, 0.3) is 10.9 Å². The van der Waals surface area contributed by atoms with E-state index >= 15 is 0 Å². The monoisotopic (exact) mass is 316 g/mol. The third-order valence-electron chi connectivity index (χ3n) is 5.15. The summed E-state index contributed by atoms with van der Waals surface area (Å²) in [6.45, 7) is 2.86. The maximum absolute atomic E-state index is 12.8. The number of rotatable bonds is 4. The minimum Gasteiger partial charge on any atom is -0.396 e. The predicted octanol–water partition coefficient (Wildman–Crippen LogP) is 2.15. The lowest BCUT2D eigenvalue weighted by Crippen LogP contribution is -2.54. The second-order valence-electron chi connectivity index (χ2n) is 6.54. The number of fused-ring (bicyclic) bond motifs is 1. The number of carbonyl (C=O) groups is 1. The number of H-pyrrole nitrogens is 1. The Morgan fingerprint density at radius 2 is 2.22 bits per heavy atom. The quantitative estimate of drug-likeness (QED) is 0.809. The van der Waals surface area contributed by atoms with E-state index in [4.69, 9.17) is 0 Å². The summed E-state index contributed by atoms with van der Waals surface area (Å²) in [5.41, 5.74) is 1.11. The molecule has 0 radical (unpaired) electrons. The molecule has 0 aliphatic carbocycles. The topological polar surface area (TPSA) is 76.6 Å². The largest absolute Gasteiger partial charge is 0.396 e. The van der Waals surface area contributed by atoms with Gasteiger partial charge in [-0.2, -0.15) is 0 Å². The van der Waals surface area contributed by atoms with E-state index in [0.29, 0.717) is 18.5 Å². The number of hydrogen-bond donors (Lipinski definition) is 3. The number of piperidine rings is 1. The minimum atomic E-state index is -0.685. The highest BCUT2D eigenvalue weighted by atomic mass is 16.3. The molecule has 2 aromatic rings. The van der Waals surface area contributed by atoms with Crippen LogP contribution in [0.15, 0.2) is 30.5 Å². The van der Waals surface area contributed by atoms with Gasteiger partial charge in [-0.05, 0) is 18.9 Å². The fraction of sp³-hybridized carbons (Fsp3) is 0.500. The molecule has 0 saturated carbocycles. The number of carbonyl (C=O) groups excluding carboxylic acids is 1. The number of para-hydroxylation sites is 1. The standard InChI is InChI=1S/C18H24N2O3/c1-2-7-18(12-21)8-9-20(11-16(18)22)17(23)14-10-19-15-6-4-3-5-13(14)15/h3-6,10,16,19,21-22H,2,7-9,11-12H2,1H3/t16-,18+/m0/s1. The smallest absolute Gasteiger partial charge is 0.256 e. The summed E-state index contributed by atoms with van der Waals surface area (Å²) >= 11 is 0. The van der Waals surface area contributed by atoms with Crippen molar-refractivity contribution in [3.05, 3.63) is 36.0 Å². The fourth-order valence-electron chi connectivity index (χ4n) is 3.67. The molecule has 1 aliphatic heterocycles. The van der Waals surface area contributed by atoms with E-state index in [1.165, 1.54) is 0 Å². The number of amides is 1. The molecule has 3 N–H and O–H groups in total. The van der Waals surface area contributed by atoms with Crippen LogP contribution in [0, 0.1) is 5.41 Å². The molecule has 5 heteroatoms. The van der Waals surface area contributed by atoms with Crippen molar-refractivity contribution in [2.24, 2.45) is 5.41 Å². The van der Waals surface area contributed by atoms with Crippen LogP contribution in [-0.2, 0) is 0 Å². The Bertz CT molecular complexity index is 696. The van der Waals surface area contributed by atoms with Crippen molar-refractivity contribution in [1.29, 1.82) is 0 Å². The van der Waals surface area contributed by atoms with E-state index in [-0.39, 0.29) is 19.1 Å². The van der Waals surface area contributed by atoms with Crippen LogP contribution < -0.4 is 0 Å². The lowest BCUT2D eigenvalue weighted by atomic mass is 9.73. The minimum absolute atomic E-state index is 0.0306. The summed E-state index contributed by atoms with van der Waals surface area (Å²) in [6.07, 6.45) is 3.37. The number of β-amino-alcohol motifs (C(OH)–C–C–N with tert-alkyl or cyclic N) is 1. The van der Waals surface area contributed by atoms with Crippen molar-refractivity contribution in [3.8, 4) is 0 Å². The number of nitrogens with one attached hydrogen (secondary N) is 1. The van der Waals surface area contributed by atoms with Gasteiger partial charge in [0.25, 0.3) is 5.91 Å². The zero-order valence-corrected chi connectivity index (χ0v) is 13.5. The van der Waals surface area contributed by atoms with Gasteiger partial charge in [0, 0.05) is 35.6 Å². The highest BCUT2D eigenvalue weighted by molar-refractivity contribution is 6.06. The van der Waals surface area contributed by atoms with Gasteiger partial charge in [0.05, 0.1) is 18.3 Å². The molecule has 1 fully saturated rings. The summed E-state index contributed by atoms with van der Waals surface area (Å²) in [4.78, 5) is 17.6. The molecule has 1 saturated heterocycles. The SMILES string of the molecule is CCC[C@]1(CO)CCN(C(=O)c2c[nH]c3ccccc23)C[C@@H]1O. The molecule has 0 unspecified atom stereocenters. The Kier molecular flexibility index (Phi) is 4.41. The van der Waals surface area contributed by atoms with Gasteiger partial charge in [-0.15, -0.1) is 0 Å². The number of aliphatic hydroxyl groups is 2. The molecule has 1 aliphatic rings. The summed E-state index contributed by atoms with van der Waals surface area (Å²) in [7, 11) is 0. The maximum atomic E-state index is 12.8. The number of likely N-dealkylation sites (tertiary alicyclic amines) is 1. The van der Waals surface area contributed by atoms with E-state index in [2.05, 4.69) is 4.98 Å². The molecule has 0 spiro atoms. The Balaban J connectivity index is 1.80. The van der Waals surface area contributed by atoms with Gasteiger partial charge in [-0.1, -0.05) is 31.5 Å². The Hall–Kier alpha value is -1.85. The lowest BCUT2D eigenvalue weighted by molar-refractivity contribution is -0.0713. The van der Waals surface area contributed by atoms with Crippen LogP contribution in [-0.4, -0.2) is 51.8 Å². The average Bonchev–Trinajstić information content (AvgIpc) is 3.00. The molecule has 1 amide bonds. The Morgan fingerprint density at radius 1 is 1.43 bits per heavy atom. The van der Waals surface area contributed by atoms with E-state index in [9.17, 15) is 15.0 Å². The first kappa shape index (κ1) is 16.0. The predicted molar refractivity (Wildman–Crippen MR) is 89.3 cm³/mol. The third kappa shape index (κ3) is 2.75. The van der Waals surface area contributed by atoms with E-state index in [0.717, 1.165) is 23.7 Å². The molecule has 1 aromatic carbocycles. The van der Waals surface area contributed by atoms with Gasteiger partial charge in [0.15, 0.2) is 0 Å². The van der Waals surface area contributed by atoms with Crippen LogP contribution in [0.3, 0.4) is 0 Å². The molecule has 1 aromatic heterocycles. The number of aliphatic hydroxyl groups excluding tert-OH is 2. The molecule has 124 valence electrons. The van der Waals surface area contributed by atoms with Gasteiger partial charge >= 0.3 is 0 Å². The van der Waals surface area contributed by atoms with E-state index in [1.807, 2.05) is 31.2 Å². The van der Waals surface area contributed by atoms with E-state index < -0.39 is 11.5 Å². The summed E-state index contributed by atoms with van der Waals surface area (Å²) < 4.78 is 0. The first-order chi connectivity index (χ1) is 11.1. The Morgan fingerprint density at radius 3 is 2.91 bits per heavy atom. The number of hydrogen-bond acceptors (Lipinski definition) is 3. The zero-order chi connectivity index (χ0) is 16.4.